The Morgan fingerprint density at radius 3 is 2.27 bits per heavy atom. The molecule has 0 aromatic carbocycles. The van der Waals surface area contributed by atoms with Gasteiger partial charge in [0.25, 0.3) is 0 Å². The predicted octanol–water partition coefficient (Wildman–Crippen LogP) is 3.60. The van der Waals surface area contributed by atoms with Crippen LogP contribution < -0.4 is 0 Å². The Hall–Kier alpha value is -0.910. The smallest absolute Gasteiger partial charge is 0.306 e. The molecular weight excluding hydrogens is 332 g/mol. The van der Waals surface area contributed by atoms with Crippen molar-refractivity contribution in [1.82, 2.24) is 0 Å². The summed E-state index contributed by atoms with van der Waals surface area (Å²) in [7, 11) is 0. The minimum Gasteiger partial charge on any atom is -0.463 e. The second-order valence-corrected chi connectivity index (χ2v) is 7.91. The molecule has 0 amide bonds. The van der Waals surface area contributed by atoms with Crippen LogP contribution in [0, 0.1) is 11.8 Å². The van der Waals surface area contributed by atoms with Gasteiger partial charge >= 0.3 is 5.97 Å². The van der Waals surface area contributed by atoms with Gasteiger partial charge in [-0.15, -0.1) is 0 Å². The molecule has 0 spiro atoms. The summed E-state index contributed by atoms with van der Waals surface area (Å²) in [4.78, 5) is 11.6. The number of carbonyl (C=O) groups is 1. The van der Waals surface area contributed by atoms with Crippen LogP contribution in [0.2, 0.25) is 0 Å². The van der Waals surface area contributed by atoms with Crippen molar-refractivity contribution in [3.63, 3.8) is 0 Å². The molecule has 3 atom stereocenters. The molecule has 3 N–H and O–H groups in total. The Bertz CT molecular complexity index is 392. The fraction of sp³-hybridized carbons (Fsp3) is 0.857. The third-order valence-electron chi connectivity index (χ3n) is 4.63. The lowest BCUT2D eigenvalue weighted by Gasteiger charge is -2.15. The van der Waals surface area contributed by atoms with E-state index in [1.807, 2.05) is 0 Å². The summed E-state index contributed by atoms with van der Waals surface area (Å²) < 4.78 is 4.89. The van der Waals surface area contributed by atoms with Gasteiger partial charge < -0.3 is 20.1 Å². The normalized spacial score (nSPS) is 15.8. The van der Waals surface area contributed by atoms with Gasteiger partial charge in [-0.25, -0.2) is 0 Å². The minimum atomic E-state index is -1.28. The van der Waals surface area contributed by atoms with Gasteiger partial charge in [-0.3, -0.25) is 4.79 Å². The Morgan fingerprint density at radius 2 is 1.65 bits per heavy atom. The van der Waals surface area contributed by atoms with Gasteiger partial charge in [0.05, 0.1) is 6.61 Å². The molecular formula is C21H40O5. The van der Waals surface area contributed by atoms with E-state index < -0.39 is 24.8 Å². The van der Waals surface area contributed by atoms with Gasteiger partial charge in [0.15, 0.2) is 0 Å². The maximum absolute atomic E-state index is 11.6. The molecule has 154 valence electrons. The van der Waals surface area contributed by atoms with E-state index in [2.05, 4.69) is 33.8 Å². The molecule has 0 saturated heterocycles. The lowest BCUT2D eigenvalue weighted by molar-refractivity contribution is -0.149. The van der Waals surface area contributed by atoms with E-state index in [0.29, 0.717) is 6.42 Å². The van der Waals surface area contributed by atoms with Crippen molar-refractivity contribution in [2.75, 3.05) is 13.2 Å². The van der Waals surface area contributed by atoms with Crippen molar-refractivity contribution in [1.29, 1.82) is 0 Å². The molecule has 26 heavy (non-hydrogen) atoms. The lowest BCUT2D eigenvalue weighted by atomic mass is 9.94. The molecule has 5 nitrogen and oxygen atoms in total. The maximum Gasteiger partial charge on any atom is 0.306 e. The molecule has 0 aliphatic rings. The summed E-state index contributed by atoms with van der Waals surface area (Å²) in [5.41, 5.74) is 1.29. The predicted molar refractivity (Wildman–Crippen MR) is 105 cm³/mol. The van der Waals surface area contributed by atoms with Crippen LogP contribution in [-0.4, -0.2) is 46.7 Å². The number of carbonyl (C=O) groups excluding carboxylic acids is 1. The molecule has 5 heteroatoms. The summed E-state index contributed by atoms with van der Waals surface area (Å²) >= 11 is 0. The summed E-state index contributed by atoms with van der Waals surface area (Å²) in [6.45, 7) is 8.12. The molecule has 0 saturated carbocycles. The van der Waals surface area contributed by atoms with Crippen molar-refractivity contribution < 1.29 is 24.9 Å². The first kappa shape index (κ1) is 25.1. The molecule has 0 aliphatic heterocycles. The van der Waals surface area contributed by atoms with Crippen molar-refractivity contribution in [2.24, 2.45) is 11.8 Å². The SMILES string of the molecule is C/C(=C\CCC(=O)OC[C@H](O)[C@H](O)CO)CCCC(C)CCCC(C)C. The number of hydrogen-bond acceptors (Lipinski definition) is 5. The molecule has 0 fully saturated rings. The van der Waals surface area contributed by atoms with Gasteiger partial charge in [0.2, 0.25) is 0 Å². The highest BCUT2D eigenvalue weighted by Crippen LogP contribution is 2.19. The first-order valence-electron chi connectivity index (χ1n) is 10.0. The van der Waals surface area contributed by atoms with Crippen LogP contribution in [0.1, 0.15) is 79.1 Å². The van der Waals surface area contributed by atoms with Crippen LogP contribution in [0.15, 0.2) is 11.6 Å². The van der Waals surface area contributed by atoms with Gasteiger partial charge in [-0.05, 0) is 38.0 Å². The van der Waals surface area contributed by atoms with E-state index in [1.54, 1.807) is 0 Å². The zero-order valence-electron chi connectivity index (χ0n) is 17.1. The fourth-order valence-electron chi connectivity index (χ4n) is 2.77. The van der Waals surface area contributed by atoms with Crippen LogP contribution in [0.5, 0.6) is 0 Å². The topological polar surface area (TPSA) is 87.0 Å². The van der Waals surface area contributed by atoms with Crippen molar-refractivity contribution >= 4 is 5.97 Å². The second kappa shape index (κ2) is 15.2. The van der Waals surface area contributed by atoms with Gasteiger partial charge in [0.1, 0.15) is 18.8 Å². The zero-order valence-corrected chi connectivity index (χ0v) is 17.1. The average Bonchev–Trinajstić information content (AvgIpc) is 2.58. The van der Waals surface area contributed by atoms with Crippen LogP contribution in [0.4, 0.5) is 0 Å². The van der Waals surface area contributed by atoms with Gasteiger partial charge in [-0.1, -0.05) is 58.1 Å². The lowest BCUT2D eigenvalue weighted by Crippen LogP contribution is -2.34. The van der Waals surface area contributed by atoms with E-state index in [4.69, 9.17) is 9.84 Å². The highest BCUT2D eigenvalue weighted by Gasteiger charge is 2.16. The summed E-state index contributed by atoms with van der Waals surface area (Å²) in [6, 6.07) is 0. The third kappa shape index (κ3) is 14.3. The Labute approximate surface area is 159 Å². The zero-order chi connectivity index (χ0) is 19.9. The number of aliphatic hydroxyl groups excluding tert-OH is 3. The van der Waals surface area contributed by atoms with Crippen molar-refractivity contribution in [3.05, 3.63) is 11.6 Å². The molecule has 0 radical (unpaired) electrons. The quantitative estimate of drug-likeness (QED) is 0.302. The van der Waals surface area contributed by atoms with Crippen molar-refractivity contribution in [2.45, 2.75) is 91.3 Å². The molecule has 0 aliphatic carbocycles. The largest absolute Gasteiger partial charge is 0.463 e. The summed E-state index contributed by atoms with van der Waals surface area (Å²) in [5, 5.41) is 27.3. The van der Waals surface area contributed by atoms with E-state index in [9.17, 15) is 15.0 Å². The Morgan fingerprint density at radius 1 is 1.00 bits per heavy atom. The molecule has 1 unspecified atom stereocenters. The Kier molecular flexibility index (Phi) is 14.6. The first-order valence-corrected chi connectivity index (χ1v) is 10.0. The van der Waals surface area contributed by atoms with Crippen molar-refractivity contribution in [3.8, 4) is 0 Å². The molecule has 0 aromatic heterocycles. The van der Waals surface area contributed by atoms with Crippen LogP contribution >= 0.6 is 0 Å². The number of allylic oxidation sites excluding steroid dienone is 2. The number of hydrogen-bond donors (Lipinski definition) is 3. The second-order valence-electron chi connectivity index (χ2n) is 7.91. The molecule has 0 heterocycles. The Balaban J connectivity index is 3.79. The van der Waals surface area contributed by atoms with E-state index in [-0.39, 0.29) is 13.0 Å². The highest BCUT2D eigenvalue weighted by atomic mass is 16.5. The van der Waals surface area contributed by atoms with Crippen LogP contribution in [0.25, 0.3) is 0 Å². The summed E-state index contributed by atoms with van der Waals surface area (Å²) in [5.74, 6) is 1.16. The molecule has 0 rings (SSSR count). The van der Waals surface area contributed by atoms with E-state index >= 15 is 0 Å². The number of rotatable bonds is 15. The number of esters is 1. The highest BCUT2D eigenvalue weighted by molar-refractivity contribution is 5.69. The fourth-order valence-corrected chi connectivity index (χ4v) is 2.77. The summed E-state index contributed by atoms with van der Waals surface area (Å²) in [6.07, 6.45) is 7.85. The number of ether oxygens (including phenoxy) is 1. The van der Waals surface area contributed by atoms with E-state index in [0.717, 1.165) is 18.3 Å². The van der Waals surface area contributed by atoms with Crippen LogP contribution in [-0.2, 0) is 9.53 Å². The standard InChI is InChI=1S/C21H40O5/c1-16(2)8-5-9-17(3)10-6-11-18(4)12-7-13-21(25)26-15-20(24)19(23)14-22/h12,16-17,19-20,22-24H,5-11,13-15H2,1-4H3/b18-12+/t17?,19-,20+/m1/s1. The molecule has 0 bridgehead atoms. The number of aliphatic hydroxyl groups is 3. The molecule has 0 aromatic rings. The first-order chi connectivity index (χ1) is 12.3. The van der Waals surface area contributed by atoms with Gasteiger partial charge in [0, 0.05) is 6.42 Å². The van der Waals surface area contributed by atoms with E-state index in [1.165, 1.54) is 37.7 Å². The monoisotopic (exact) mass is 372 g/mol. The third-order valence-corrected chi connectivity index (χ3v) is 4.63. The van der Waals surface area contributed by atoms with Gasteiger partial charge in [-0.2, -0.15) is 0 Å². The minimum absolute atomic E-state index is 0.255. The average molecular weight is 373 g/mol. The maximum atomic E-state index is 11.6. The van der Waals surface area contributed by atoms with Crippen LogP contribution in [0.3, 0.4) is 0 Å².